The van der Waals surface area contributed by atoms with Gasteiger partial charge in [-0.05, 0) is 19.3 Å². The summed E-state index contributed by atoms with van der Waals surface area (Å²) in [6, 6.07) is 0.258. The number of likely N-dealkylation sites (tertiary alicyclic amines) is 1. The molecule has 0 aromatic heterocycles. The predicted octanol–water partition coefficient (Wildman–Crippen LogP) is -0.179. The molecule has 110 valence electrons. The quantitative estimate of drug-likeness (QED) is 0.678. The fourth-order valence-electron chi connectivity index (χ4n) is 2.18. The third-order valence-electron chi connectivity index (χ3n) is 3.38. The van der Waals surface area contributed by atoms with E-state index in [4.69, 9.17) is 5.73 Å². The number of piperidine rings is 1. The molecule has 0 radical (unpaired) electrons. The number of nitrogens with zero attached hydrogens (tertiary/aromatic N) is 2. The summed E-state index contributed by atoms with van der Waals surface area (Å²) in [4.78, 5) is 27.1. The van der Waals surface area contributed by atoms with Gasteiger partial charge < -0.3 is 15.4 Å². The Morgan fingerprint density at radius 2 is 2.00 bits per heavy atom. The molecule has 0 aromatic carbocycles. The molecule has 0 spiro atoms. The minimum Gasteiger partial charge on any atom is -0.468 e. The number of esters is 1. The summed E-state index contributed by atoms with van der Waals surface area (Å²) in [5.41, 5.74) is 5.84. The van der Waals surface area contributed by atoms with Crippen molar-refractivity contribution in [3.63, 3.8) is 0 Å². The van der Waals surface area contributed by atoms with Gasteiger partial charge in [0.15, 0.2) is 0 Å². The Bertz CT molecular complexity index is 302. The van der Waals surface area contributed by atoms with Crippen molar-refractivity contribution in [2.75, 3.05) is 39.8 Å². The van der Waals surface area contributed by atoms with Crippen LogP contribution in [0.5, 0.6) is 0 Å². The molecule has 1 saturated heterocycles. The lowest BCUT2D eigenvalue weighted by Gasteiger charge is -2.31. The minimum absolute atomic E-state index is 0.0114. The molecule has 1 fully saturated rings. The monoisotopic (exact) mass is 271 g/mol. The lowest BCUT2D eigenvalue weighted by atomic mass is 10.1. The van der Waals surface area contributed by atoms with Crippen LogP contribution in [0.15, 0.2) is 0 Å². The fourth-order valence-corrected chi connectivity index (χ4v) is 2.18. The molecular weight excluding hydrogens is 246 g/mol. The van der Waals surface area contributed by atoms with E-state index in [1.54, 1.807) is 4.90 Å². The first-order valence-corrected chi connectivity index (χ1v) is 6.89. The van der Waals surface area contributed by atoms with E-state index in [9.17, 15) is 9.59 Å². The SMILES string of the molecule is CCCN(CC(=O)OC)C(=O)CN1CCC(N)CC1. The van der Waals surface area contributed by atoms with Crippen LogP contribution in [-0.2, 0) is 14.3 Å². The summed E-state index contributed by atoms with van der Waals surface area (Å²) in [6.07, 6.45) is 2.68. The topological polar surface area (TPSA) is 75.9 Å². The van der Waals surface area contributed by atoms with Crippen molar-refractivity contribution < 1.29 is 14.3 Å². The van der Waals surface area contributed by atoms with Crippen LogP contribution >= 0.6 is 0 Å². The van der Waals surface area contributed by atoms with E-state index >= 15 is 0 Å². The van der Waals surface area contributed by atoms with E-state index in [-0.39, 0.29) is 24.5 Å². The molecule has 1 rings (SSSR count). The lowest BCUT2D eigenvalue weighted by molar-refractivity contribution is -0.147. The highest BCUT2D eigenvalue weighted by Crippen LogP contribution is 2.08. The van der Waals surface area contributed by atoms with Gasteiger partial charge in [-0.2, -0.15) is 0 Å². The molecule has 0 aromatic rings. The standard InChI is InChI=1S/C13H25N3O3/c1-3-6-16(10-13(18)19-2)12(17)9-15-7-4-11(14)5-8-15/h11H,3-10,14H2,1-2H3. The summed E-state index contributed by atoms with van der Waals surface area (Å²) >= 11 is 0. The highest BCUT2D eigenvalue weighted by atomic mass is 16.5. The third-order valence-corrected chi connectivity index (χ3v) is 3.38. The Balaban J connectivity index is 2.44. The summed E-state index contributed by atoms with van der Waals surface area (Å²) < 4.78 is 4.62. The van der Waals surface area contributed by atoms with E-state index < -0.39 is 0 Å². The van der Waals surface area contributed by atoms with E-state index in [0.29, 0.717) is 13.1 Å². The van der Waals surface area contributed by atoms with Gasteiger partial charge in [0.05, 0.1) is 13.7 Å². The maximum absolute atomic E-state index is 12.2. The van der Waals surface area contributed by atoms with Gasteiger partial charge in [-0.25, -0.2) is 0 Å². The van der Waals surface area contributed by atoms with E-state index in [2.05, 4.69) is 9.64 Å². The molecule has 0 aliphatic carbocycles. The lowest BCUT2D eigenvalue weighted by Crippen LogP contribution is -2.47. The number of amides is 1. The van der Waals surface area contributed by atoms with Crippen molar-refractivity contribution in [2.24, 2.45) is 5.73 Å². The van der Waals surface area contributed by atoms with E-state index in [1.807, 2.05) is 6.92 Å². The zero-order valence-electron chi connectivity index (χ0n) is 11.9. The predicted molar refractivity (Wildman–Crippen MR) is 72.5 cm³/mol. The van der Waals surface area contributed by atoms with Crippen molar-refractivity contribution in [1.29, 1.82) is 0 Å². The molecule has 2 N–H and O–H groups in total. The third kappa shape index (κ3) is 5.57. The van der Waals surface area contributed by atoms with Crippen LogP contribution in [0.3, 0.4) is 0 Å². The van der Waals surface area contributed by atoms with Crippen LogP contribution in [0.25, 0.3) is 0 Å². The van der Waals surface area contributed by atoms with Crippen molar-refractivity contribution in [3.05, 3.63) is 0 Å². The number of nitrogens with two attached hydrogens (primary N) is 1. The number of carbonyl (C=O) groups excluding carboxylic acids is 2. The van der Waals surface area contributed by atoms with Crippen molar-refractivity contribution >= 4 is 11.9 Å². The van der Waals surface area contributed by atoms with Gasteiger partial charge in [0, 0.05) is 25.7 Å². The first kappa shape index (κ1) is 15.9. The van der Waals surface area contributed by atoms with Crippen LogP contribution in [0, 0.1) is 0 Å². The Morgan fingerprint density at radius 1 is 1.37 bits per heavy atom. The van der Waals surface area contributed by atoms with E-state index in [1.165, 1.54) is 7.11 Å². The molecule has 0 bridgehead atoms. The van der Waals surface area contributed by atoms with Gasteiger partial charge in [-0.1, -0.05) is 6.92 Å². The molecule has 19 heavy (non-hydrogen) atoms. The maximum Gasteiger partial charge on any atom is 0.325 e. The second kappa shape index (κ2) is 8.12. The summed E-state index contributed by atoms with van der Waals surface area (Å²) in [5.74, 6) is -0.384. The van der Waals surface area contributed by atoms with Gasteiger partial charge in [0.25, 0.3) is 0 Å². The minimum atomic E-state index is -0.373. The van der Waals surface area contributed by atoms with Crippen LogP contribution in [0.4, 0.5) is 0 Å². The average Bonchev–Trinajstić information content (AvgIpc) is 2.40. The first-order chi connectivity index (χ1) is 9.06. The van der Waals surface area contributed by atoms with Crippen molar-refractivity contribution in [3.8, 4) is 0 Å². The van der Waals surface area contributed by atoms with Gasteiger partial charge in [-0.3, -0.25) is 14.5 Å². The smallest absolute Gasteiger partial charge is 0.325 e. The molecule has 6 heteroatoms. The fraction of sp³-hybridized carbons (Fsp3) is 0.846. The van der Waals surface area contributed by atoms with Gasteiger partial charge in [0.1, 0.15) is 6.54 Å². The van der Waals surface area contributed by atoms with Crippen LogP contribution in [-0.4, -0.2) is 67.6 Å². The number of rotatable bonds is 6. The molecular formula is C13H25N3O3. The Kier molecular flexibility index (Phi) is 6.80. The summed E-state index contributed by atoms with van der Waals surface area (Å²) in [7, 11) is 1.34. The number of carbonyl (C=O) groups is 2. The normalized spacial score (nSPS) is 17.2. The molecule has 0 unspecified atom stereocenters. The maximum atomic E-state index is 12.2. The largest absolute Gasteiger partial charge is 0.468 e. The number of methoxy groups -OCH3 is 1. The Hall–Kier alpha value is -1.14. The first-order valence-electron chi connectivity index (χ1n) is 6.89. The molecule has 1 heterocycles. The zero-order chi connectivity index (χ0) is 14.3. The average molecular weight is 271 g/mol. The van der Waals surface area contributed by atoms with Crippen LogP contribution in [0.2, 0.25) is 0 Å². The van der Waals surface area contributed by atoms with Crippen molar-refractivity contribution in [2.45, 2.75) is 32.2 Å². The van der Waals surface area contributed by atoms with Crippen LogP contribution in [0.1, 0.15) is 26.2 Å². The highest BCUT2D eigenvalue weighted by molar-refractivity contribution is 5.83. The molecule has 0 saturated carbocycles. The number of hydrogen-bond donors (Lipinski definition) is 1. The van der Waals surface area contributed by atoms with E-state index in [0.717, 1.165) is 32.4 Å². The number of ether oxygens (including phenoxy) is 1. The molecule has 1 aliphatic heterocycles. The second-order valence-corrected chi connectivity index (χ2v) is 5.01. The van der Waals surface area contributed by atoms with Gasteiger partial charge in [-0.15, -0.1) is 0 Å². The van der Waals surface area contributed by atoms with Gasteiger partial charge >= 0.3 is 5.97 Å². The molecule has 1 aliphatic rings. The van der Waals surface area contributed by atoms with Gasteiger partial charge in [0.2, 0.25) is 5.91 Å². The zero-order valence-corrected chi connectivity index (χ0v) is 11.9. The van der Waals surface area contributed by atoms with Crippen molar-refractivity contribution in [1.82, 2.24) is 9.80 Å². The summed E-state index contributed by atoms with van der Waals surface area (Å²) in [5, 5.41) is 0. The Morgan fingerprint density at radius 3 is 2.53 bits per heavy atom. The summed E-state index contributed by atoms with van der Waals surface area (Å²) in [6.45, 7) is 4.68. The highest BCUT2D eigenvalue weighted by Gasteiger charge is 2.22. The molecule has 1 amide bonds. The molecule has 6 nitrogen and oxygen atoms in total. The number of hydrogen-bond acceptors (Lipinski definition) is 5. The second-order valence-electron chi connectivity index (χ2n) is 5.01. The van der Waals surface area contributed by atoms with Crippen LogP contribution < -0.4 is 5.73 Å². The Labute approximate surface area is 114 Å². The molecule has 0 atom stereocenters.